The van der Waals surface area contributed by atoms with Gasteiger partial charge in [-0.25, -0.2) is 5.43 Å². The molecule has 1 aromatic rings. The first-order valence-corrected chi connectivity index (χ1v) is 5.20. The van der Waals surface area contributed by atoms with Crippen molar-refractivity contribution in [3.05, 3.63) is 28.2 Å². The zero-order valence-electron chi connectivity index (χ0n) is 8.61. The number of nitrogens with zero attached hydrogens (tertiary/aromatic N) is 1. The van der Waals surface area contributed by atoms with Gasteiger partial charge in [-0.1, -0.05) is 29.3 Å². The lowest BCUT2D eigenvalue weighted by atomic mass is 10.3. The van der Waals surface area contributed by atoms with Gasteiger partial charge in [0.15, 0.2) is 12.4 Å². The van der Waals surface area contributed by atoms with Crippen LogP contribution in [0.4, 0.5) is 0 Å². The van der Waals surface area contributed by atoms with Crippen molar-refractivity contribution in [2.24, 2.45) is 16.6 Å². The zero-order valence-corrected chi connectivity index (χ0v) is 10.1. The number of hydrogen-bond donors (Lipinski definition) is 3. The minimum atomic E-state index is -0.533. The van der Waals surface area contributed by atoms with E-state index >= 15 is 0 Å². The molecule has 6 nitrogen and oxygen atoms in total. The minimum absolute atomic E-state index is 0.232. The molecule has 1 amide bonds. The fourth-order valence-electron chi connectivity index (χ4n) is 0.917. The Bertz CT molecular complexity index is 426. The summed E-state index contributed by atoms with van der Waals surface area (Å²) in [7, 11) is 0. The Balaban J connectivity index is 2.56. The summed E-state index contributed by atoms with van der Waals surface area (Å²) >= 11 is 11.7. The number of carbonyl (C=O) groups excluding carboxylic acids is 1. The van der Waals surface area contributed by atoms with E-state index in [1.165, 1.54) is 0 Å². The quantitative estimate of drug-likeness (QED) is 0.427. The Labute approximate surface area is 108 Å². The van der Waals surface area contributed by atoms with Crippen molar-refractivity contribution >= 4 is 35.1 Å². The zero-order chi connectivity index (χ0) is 12.8. The lowest BCUT2D eigenvalue weighted by Crippen LogP contribution is -2.31. The van der Waals surface area contributed by atoms with Gasteiger partial charge in [-0.15, -0.1) is 5.10 Å². The highest BCUT2D eigenvalue weighted by molar-refractivity contribution is 6.37. The molecule has 0 aliphatic rings. The van der Waals surface area contributed by atoms with Gasteiger partial charge in [0, 0.05) is 0 Å². The van der Waals surface area contributed by atoms with Crippen LogP contribution in [0.3, 0.4) is 0 Å². The van der Waals surface area contributed by atoms with E-state index in [0.29, 0.717) is 10.0 Å². The molecule has 0 atom stereocenters. The highest BCUT2D eigenvalue weighted by Crippen LogP contribution is 2.32. The van der Waals surface area contributed by atoms with Gasteiger partial charge in [0.1, 0.15) is 0 Å². The number of carbonyl (C=O) groups is 1. The number of rotatable bonds is 4. The number of halogens is 2. The standard InChI is InChI=1S/C9H10Cl2N4O2/c10-5-2-1-3-6(11)8(5)17-4-7(16)14-15-9(12)13/h1-3H,4H2,(H,14,16)(H4,12,13,15). The highest BCUT2D eigenvalue weighted by atomic mass is 35.5. The summed E-state index contributed by atoms with van der Waals surface area (Å²) in [4.78, 5) is 11.2. The summed E-state index contributed by atoms with van der Waals surface area (Å²) in [5.41, 5.74) is 12.1. The number of ether oxygens (including phenoxy) is 1. The number of amides is 1. The molecule has 0 saturated heterocycles. The second kappa shape index (κ2) is 6.17. The fraction of sp³-hybridized carbons (Fsp3) is 0.111. The first-order chi connectivity index (χ1) is 8.00. The summed E-state index contributed by atoms with van der Waals surface area (Å²) in [5.74, 6) is -0.556. The lowest BCUT2D eigenvalue weighted by molar-refractivity contribution is -0.123. The fourth-order valence-corrected chi connectivity index (χ4v) is 1.42. The third kappa shape index (κ3) is 4.38. The summed E-state index contributed by atoms with van der Waals surface area (Å²) in [6.07, 6.45) is 0. The van der Waals surface area contributed by atoms with Gasteiger partial charge >= 0.3 is 0 Å². The van der Waals surface area contributed by atoms with Crippen molar-refractivity contribution in [1.82, 2.24) is 5.43 Å². The molecule has 0 aliphatic heterocycles. The number of nitrogens with two attached hydrogens (primary N) is 2. The van der Waals surface area contributed by atoms with E-state index < -0.39 is 5.91 Å². The molecule has 0 unspecified atom stereocenters. The Morgan fingerprint density at radius 1 is 1.35 bits per heavy atom. The molecule has 0 radical (unpaired) electrons. The van der Waals surface area contributed by atoms with Crippen LogP contribution in [0.15, 0.2) is 23.3 Å². The molecule has 17 heavy (non-hydrogen) atoms. The summed E-state index contributed by atoms with van der Waals surface area (Å²) < 4.78 is 5.13. The van der Waals surface area contributed by atoms with Crippen LogP contribution < -0.4 is 21.6 Å². The number of hydrazone groups is 1. The Morgan fingerprint density at radius 2 is 1.94 bits per heavy atom. The third-order valence-electron chi connectivity index (χ3n) is 1.58. The molecule has 0 spiro atoms. The number of benzene rings is 1. The van der Waals surface area contributed by atoms with E-state index in [4.69, 9.17) is 39.4 Å². The Hall–Kier alpha value is -1.66. The third-order valence-corrected chi connectivity index (χ3v) is 2.17. The van der Waals surface area contributed by atoms with E-state index in [-0.39, 0.29) is 18.3 Å². The molecule has 0 saturated carbocycles. The van der Waals surface area contributed by atoms with Crippen LogP contribution in [0.25, 0.3) is 0 Å². The molecule has 1 aromatic carbocycles. The van der Waals surface area contributed by atoms with Crippen LogP contribution >= 0.6 is 23.2 Å². The maximum absolute atomic E-state index is 11.2. The van der Waals surface area contributed by atoms with E-state index in [0.717, 1.165) is 0 Å². The average Bonchev–Trinajstić information content (AvgIpc) is 2.25. The predicted molar refractivity (Wildman–Crippen MR) is 65.9 cm³/mol. The monoisotopic (exact) mass is 276 g/mol. The van der Waals surface area contributed by atoms with E-state index in [1.807, 2.05) is 0 Å². The number of para-hydroxylation sites is 1. The topological polar surface area (TPSA) is 103 Å². The number of nitrogens with one attached hydrogen (secondary N) is 1. The average molecular weight is 277 g/mol. The predicted octanol–water partition coefficient (Wildman–Crippen LogP) is 0.677. The second-order valence-corrected chi connectivity index (χ2v) is 3.73. The lowest BCUT2D eigenvalue weighted by Gasteiger charge is -2.08. The van der Waals surface area contributed by atoms with Gasteiger partial charge in [-0.3, -0.25) is 4.79 Å². The van der Waals surface area contributed by atoms with Gasteiger partial charge in [-0.05, 0) is 12.1 Å². The molecule has 8 heteroatoms. The van der Waals surface area contributed by atoms with E-state index in [9.17, 15) is 4.79 Å². The SMILES string of the molecule is NC(N)=NNC(=O)COc1c(Cl)cccc1Cl. The molecule has 0 aliphatic carbocycles. The van der Waals surface area contributed by atoms with Crippen LogP contribution in [0.2, 0.25) is 10.0 Å². The van der Waals surface area contributed by atoms with Gasteiger partial charge in [-0.2, -0.15) is 0 Å². The Morgan fingerprint density at radius 3 is 2.47 bits per heavy atom. The normalized spacial score (nSPS) is 9.53. The molecular weight excluding hydrogens is 267 g/mol. The van der Waals surface area contributed by atoms with Gasteiger partial charge in [0.25, 0.3) is 5.91 Å². The van der Waals surface area contributed by atoms with Crippen LogP contribution in [0.5, 0.6) is 5.75 Å². The number of hydrogen-bond acceptors (Lipinski definition) is 3. The minimum Gasteiger partial charge on any atom is -0.481 e. The van der Waals surface area contributed by atoms with Crippen molar-refractivity contribution < 1.29 is 9.53 Å². The maximum Gasteiger partial charge on any atom is 0.278 e. The van der Waals surface area contributed by atoms with Crippen molar-refractivity contribution in [1.29, 1.82) is 0 Å². The summed E-state index contributed by atoms with van der Waals surface area (Å²) in [6.45, 7) is -0.305. The first kappa shape index (κ1) is 13.4. The van der Waals surface area contributed by atoms with Crippen molar-refractivity contribution in [2.75, 3.05) is 6.61 Å². The van der Waals surface area contributed by atoms with Crippen LogP contribution in [0, 0.1) is 0 Å². The van der Waals surface area contributed by atoms with Crippen LogP contribution in [-0.4, -0.2) is 18.5 Å². The first-order valence-electron chi connectivity index (χ1n) is 4.45. The maximum atomic E-state index is 11.2. The molecule has 92 valence electrons. The molecular formula is C9H10Cl2N4O2. The number of guanidine groups is 1. The smallest absolute Gasteiger partial charge is 0.278 e. The van der Waals surface area contributed by atoms with Crippen molar-refractivity contribution in [3.63, 3.8) is 0 Å². The molecule has 5 N–H and O–H groups in total. The summed E-state index contributed by atoms with van der Waals surface area (Å²) in [5, 5.41) is 3.93. The van der Waals surface area contributed by atoms with Gasteiger partial charge in [0.2, 0.25) is 5.96 Å². The largest absolute Gasteiger partial charge is 0.481 e. The molecule has 0 bridgehead atoms. The van der Waals surface area contributed by atoms with E-state index in [1.54, 1.807) is 18.2 Å². The van der Waals surface area contributed by atoms with Crippen molar-refractivity contribution in [3.8, 4) is 5.75 Å². The molecule has 1 rings (SSSR count). The second-order valence-electron chi connectivity index (χ2n) is 2.91. The molecule has 0 fully saturated rings. The van der Waals surface area contributed by atoms with Crippen molar-refractivity contribution in [2.45, 2.75) is 0 Å². The van der Waals surface area contributed by atoms with Crippen LogP contribution in [0.1, 0.15) is 0 Å². The Kier molecular flexibility index (Phi) is 4.86. The van der Waals surface area contributed by atoms with Gasteiger partial charge in [0.05, 0.1) is 10.0 Å². The van der Waals surface area contributed by atoms with Gasteiger partial charge < -0.3 is 16.2 Å². The molecule has 0 aromatic heterocycles. The summed E-state index contributed by atoms with van der Waals surface area (Å²) in [6, 6.07) is 4.85. The molecule has 0 heterocycles. The van der Waals surface area contributed by atoms with Crippen LogP contribution in [-0.2, 0) is 4.79 Å². The highest BCUT2D eigenvalue weighted by Gasteiger charge is 2.08. The van der Waals surface area contributed by atoms with E-state index in [2.05, 4.69) is 10.5 Å².